The van der Waals surface area contributed by atoms with Crippen molar-refractivity contribution in [2.45, 2.75) is 32.5 Å². The van der Waals surface area contributed by atoms with Crippen LogP contribution in [0.4, 0.5) is 4.39 Å². The van der Waals surface area contributed by atoms with E-state index in [9.17, 15) is 4.39 Å². The van der Waals surface area contributed by atoms with E-state index >= 15 is 0 Å². The third-order valence-corrected chi connectivity index (χ3v) is 3.07. The van der Waals surface area contributed by atoms with E-state index in [2.05, 4.69) is 10.3 Å². The van der Waals surface area contributed by atoms with Crippen molar-refractivity contribution in [1.82, 2.24) is 10.3 Å². The summed E-state index contributed by atoms with van der Waals surface area (Å²) in [6.07, 6.45) is 0. The predicted molar refractivity (Wildman–Crippen MR) is 53.7 cm³/mol. The van der Waals surface area contributed by atoms with Gasteiger partial charge in [-0.2, -0.15) is 0 Å². The van der Waals surface area contributed by atoms with Crippen molar-refractivity contribution in [2.75, 3.05) is 7.05 Å². The minimum absolute atomic E-state index is 0.187. The van der Waals surface area contributed by atoms with Gasteiger partial charge < -0.3 is 5.32 Å². The fraction of sp³-hybridized carbons (Fsp3) is 0.667. The summed E-state index contributed by atoms with van der Waals surface area (Å²) in [6.45, 7) is 5.06. The van der Waals surface area contributed by atoms with Gasteiger partial charge in [0.25, 0.3) is 0 Å². The molecule has 0 aliphatic carbocycles. The van der Waals surface area contributed by atoms with Gasteiger partial charge in [-0.1, -0.05) is 0 Å². The molecule has 0 fully saturated rings. The van der Waals surface area contributed by atoms with E-state index in [1.165, 1.54) is 25.2 Å². The van der Waals surface area contributed by atoms with Gasteiger partial charge in [0, 0.05) is 11.4 Å². The summed E-state index contributed by atoms with van der Waals surface area (Å²) >= 11 is 1.37. The summed E-state index contributed by atoms with van der Waals surface area (Å²) in [6, 6.07) is 0.187. The molecule has 0 aliphatic rings. The Morgan fingerprint density at radius 3 is 2.62 bits per heavy atom. The van der Waals surface area contributed by atoms with Crippen LogP contribution in [0.5, 0.6) is 0 Å². The highest BCUT2D eigenvalue weighted by Crippen LogP contribution is 2.28. The molecule has 74 valence electrons. The SMILES string of the molecule is CNC(C)c1csc(C(C)(C)F)n1. The lowest BCUT2D eigenvalue weighted by Gasteiger charge is -2.10. The second-order valence-electron chi connectivity index (χ2n) is 3.56. The first-order valence-corrected chi connectivity index (χ1v) is 5.15. The Bertz CT molecular complexity index is 277. The topological polar surface area (TPSA) is 24.9 Å². The third kappa shape index (κ3) is 2.48. The molecule has 0 saturated carbocycles. The zero-order chi connectivity index (χ0) is 10.1. The highest BCUT2D eigenvalue weighted by molar-refractivity contribution is 7.09. The summed E-state index contributed by atoms with van der Waals surface area (Å²) in [5.41, 5.74) is -0.413. The van der Waals surface area contributed by atoms with Gasteiger partial charge in [0.15, 0.2) is 5.67 Å². The van der Waals surface area contributed by atoms with Crippen LogP contribution in [0.15, 0.2) is 5.38 Å². The van der Waals surface area contributed by atoms with Gasteiger partial charge in [-0.3, -0.25) is 0 Å². The molecular formula is C9H15FN2S. The Kier molecular flexibility index (Phi) is 3.03. The lowest BCUT2D eigenvalue weighted by Crippen LogP contribution is -2.14. The maximum absolute atomic E-state index is 13.4. The Morgan fingerprint density at radius 2 is 2.23 bits per heavy atom. The largest absolute Gasteiger partial charge is 0.312 e. The highest BCUT2D eigenvalue weighted by Gasteiger charge is 2.23. The van der Waals surface area contributed by atoms with E-state index in [1.54, 1.807) is 0 Å². The molecule has 0 aromatic carbocycles. The first-order chi connectivity index (χ1) is 5.95. The van der Waals surface area contributed by atoms with Gasteiger partial charge in [-0.15, -0.1) is 11.3 Å². The molecule has 2 nitrogen and oxygen atoms in total. The molecule has 1 aromatic heterocycles. The third-order valence-electron chi connectivity index (χ3n) is 1.91. The molecule has 1 N–H and O–H groups in total. The van der Waals surface area contributed by atoms with Gasteiger partial charge in [0.05, 0.1) is 5.69 Å². The molecule has 0 amide bonds. The summed E-state index contributed by atoms with van der Waals surface area (Å²) in [4.78, 5) is 4.23. The number of halogens is 1. The zero-order valence-electron chi connectivity index (χ0n) is 8.39. The molecule has 1 rings (SSSR count). The van der Waals surface area contributed by atoms with Crippen molar-refractivity contribution in [1.29, 1.82) is 0 Å². The average molecular weight is 202 g/mol. The Labute approximate surface area is 82.2 Å². The fourth-order valence-electron chi connectivity index (χ4n) is 0.906. The van der Waals surface area contributed by atoms with Crippen molar-refractivity contribution in [3.8, 4) is 0 Å². The van der Waals surface area contributed by atoms with E-state index < -0.39 is 5.67 Å². The van der Waals surface area contributed by atoms with Gasteiger partial charge >= 0.3 is 0 Å². The van der Waals surface area contributed by atoms with E-state index in [1.807, 2.05) is 19.4 Å². The van der Waals surface area contributed by atoms with Crippen LogP contribution in [-0.4, -0.2) is 12.0 Å². The van der Waals surface area contributed by atoms with E-state index in [0.717, 1.165) is 5.69 Å². The smallest absolute Gasteiger partial charge is 0.156 e. The molecular weight excluding hydrogens is 187 g/mol. The Hall–Kier alpha value is -0.480. The molecule has 0 aliphatic heterocycles. The second-order valence-corrected chi connectivity index (χ2v) is 4.42. The first kappa shape index (κ1) is 10.6. The maximum atomic E-state index is 13.4. The van der Waals surface area contributed by atoms with Gasteiger partial charge in [-0.05, 0) is 27.8 Å². The minimum atomic E-state index is -1.32. The number of nitrogens with zero attached hydrogens (tertiary/aromatic N) is 1. The summed E-state index contributed by atoms with van der Waals surface area (Å²) < 4.78 is 13.4. The lowest BCUT2D eigenvalue weighted by molar-refractivity contribution is 0.220. The van der Waals surface area contributed by atoms with Crippen LogP contribution in [0.25, 0.3) is 0 Å². The Morgan fingerprint density at radius 1 is 1.62 bits per heavy atom. The van der Waals surface area contributed by atoms with Crippen LogP contribution in [0.2, 0.25) is 0 Å². The molecule has 13 heavy (non-hydrogen) atoms. The van der Waals surface area contributed by atoms with Crippen molar-refractivity contribution < 1.29 is 4.39 Å². The molecule has 0 bridgehead atoms. The van der Waals surface area contributed by atoms with Gasteiger partial charge in [-0.25, -0.2) is 9.37 Å². The van der Waals surface area contributed by atoms with Crippen LogP contribution in [0, 0.1) is 0 Å². The van der Waals surface area contributed by atoms with Crippen LogP contribution in [0.3, 0.4) is 0 Å². The molecule has 0 saturated heterocycles. The van der Waals surface area contributed by atoms with Crippen LogP contribution in [-0.2, 0) is 5.67 Å². The van der Waals surface area contributed by atoms with Crippen LogP contribution < -0.4 is 5.32 Å². The molecule has 1 unspecified atom stereocenters. The standard InChI is InChI=1S/C9H15FN2S/c1-6(11-4)7-5-13-8(12-7)9(2,3)10/h5-6,11H,1-4H3. The number of alkyl halides is 1. The molecule has 1 atom stereocenters. The van der Waals surface area contributed by atoms with Crippen molar-refractivity contribution >= 4 is 11.3 Å². The number of hydrogen-bond acceptors (Lipinski definition) is 3. The highest BCUT2D eigenvalue weighted by atomic mass is 32.1. The lowest BCUT2D eigenvalue weighted by atomic mass is 10.2. The second kappa shape index (κ2) is 3.72. The molecule has 0 radical (unpaired) electrons. The molecule has 0 spiro atoms. The van der Waals surface area contributed by atoms with Crippen molar-refractivity contribution in [2.24, 2.45) is 0 Å². The number of hydrogen-bond donors (Lipinski definition) is 1. The van der Waals surface area contributed by atoms with Crippen LogP contribution in [0.1, 0.15) is 37.5 Å². The van der Waals surface area contributed by atoms with E-state index in [4.69, 9.17) is 0 Å². The van der Waals surface area contributed by atoms with Gasteiger partial charge in [0.1, 0.15) is 5.01 Å². The zero-order valence-corrected chi connectivity index (χ0v) is 9.20. The van der Waals surface area contributed by atoms with Gasteiger partial charge in [0.2, 0.25) is 0 Å². The number of rotatable bonds is 3. The average Bonchev–Trinajstić information content (AvgIpc) is 2.50. The summed E-state index contributed by atoms with van der Waals surface area (Å²) in [5.74, 6) is 0. The van der Waals surface area contributed by atoms with Crippen molar-refractivity contribution in [3.63, 3.8) is 0 Å². The number of nitrogens with one attached hydrogen (secondary N) is 1. The predicted octanol–water partition coefficient (Wildman–Crippen LogP) is 2.63. The summed E-state index contributed by atoms with van der Waals surface area (Å²) in [7, 11) is 1.87. The minimum Gasteiger partial charge on any atom is -0.312 e. The van der Waals surface area contributed by atoms with E-state index in [0.29, 0.717) is 5.01 Å². The molecule has 1 aromatic rings. The van der Waals surface area contributed by atoms with Crippen LogP contribution >= 0.6 is 11.3 Å². The van der Waals surface area contributed by atoms with E-state index in [-0.39, 0.29) is 6.04 Å². The normalized spacial score (nSPS) is 14.5. The summed E-state index contributed by atoms with van der Waals surface area (Å²) in [5, 5.41) is 5.51. The quantitative estimate of drug-likeness (QED) is 0.815. The maximum Gasteiger partial charge on any atom is 0.156 e. The van der Waals surface area contributed by atoms with Crippen molar-refractivity contribution in [3.05, 3.63) is 16.1 Å². The number of thiazole rings is 1. The fourth-order valence-corrected chi connectivity index (χ4v) is 1.83. The Balaban J connectivity index is 2.87. The first-order valence-electron chi connectivity index (χ1n) is 4.27. The monoisotopic (exact) mass is 202 g/mol. The molecule has 1 heterocycles. The number of aromatic nitrogens is 1. The molecule has 4 heteroatoms.